The topological polar surface area (TPSA) is 49.8 Å². The van der Waals surface area contributed by atoms with Crippen LogP contribution in [-0.2, 0) is 19.5 Å². The molecule has 5 nitrogen and oxygen atoms in total. The number of halogens is 1. The Hall–Kier alpha value is -1.35. The Morgan fingerprint density at radius 3 is 2.72 bits per heavy atom. The zero-order chi connectivity index (χ0) is 17.4. The molecule has 0 unspecified atom stereocenters. The van der Waals surface area contributed by atoms with E-state index in [1.807, 2.05) is 31.4 Å². The molecule has 0 aliphatic rings. The molecule has 0 amide bonds. The van der Waals surface area contributed by atoms with Crippen LogP contribution in [0.4, 0.5) is 0 Å². The fraction of sp³-hybridized carbons (Fsp3) is 0.444. The largest absolute Gasteiger partial charge is 0.496 e. The van der Waals surface area contributed by atoms with Crippen molar-refractivity contribution < 1.29 is 4.74 Å². The van der Waals surface area contributed by atoms with Crippen LogP contribution in [-0.4, -0.2) is 36.5 Å². The standard InChI is InChI=1S/C18H26N4OS.HI/c1-5-15-11-20-17(24-15)12-21-18(19-6-2)22(3)13-14-9-7-8-10-16(14)23-4;/h7-11H,5-6,12-13H2,1-4H3,(H,19,21);1H. The lowest BCUT2D eigenvalue weighted by atomic mass is 10.2. The number of aliphatic imine (C=N–C) groups is 1. The van der Waals surface area contributed by atoms with Gasteiger partial charge in [0.05, 0.1) is 13.7 Å². The summed E-state index contributed by atoms with van der Waals surface area (Å²) in [5.41, 5.74) is 1.13. The third-order valence-corrected chi connectivity index (χ3v) is 4.74. The number of benzene rings is 1. The van der Waals surface area contributed by atoms with Gasteiger partial charge >= 0.3 is 0 Å². The number of aromatic nitrogens is 1. The molecule has 25 heavy (non-hydrogen) atoms. The fourth-order valence-corrected chi connectivity index (χ4v) is 3.15. The van der Waals surface area contributed by atoms with Gasteiger partial charge in [-0.3, -0.25) is 0 Å². The van der Waals surface area contributed by atoms with Crippen LogP contribution in [0.2, 0.25) is 0 Å². The van der Waals surface area contributed by atoms with Crippen molar-refractivity contribution in [3.63, 3.8) is 0 Å². The maximum atomic E-state index is 5.44. The van der Waals surface area contributed by atoms with Crippen LogP contribution < -0.4 is 10.1 Å². The quantitative estimate of drug-likeness (QED) is 0.376. The lowest BCUT2D eigenvalue weighted by molar-refractivity contribution is 0.396. The third kappa shape index (κ3) is 6.47. The van der Waals surface area contributed by atoms with Crippen LogP contribution in [0, 0.1) is 0 Å². The first-order valence-corrected chi connectivity index (χ1v) is 9.04. The number of rotatable bonds is 7. The van der Waals surface area contributed by atoms with E-state index in [-0.39, 0.29) is 24.0 Å². The zero-order valence-corrected chi connectivity index (χ0v) is 18.4. The van der Waals surface area contributed by atoms with Crippen LogP contribution in [0.1, 0.15) is 29.3 Å². The molecule has 0 atom stereocenters. The van der Waals surface area contributed by atoms with Crippen molar-refractivity contribution in [1.82, 2.24) is 15.2 Å². The van der Waals surface area contributed by atoms with E-state index < -0.39 is 0 Å². The van der Waals surface area contributed by atoms with E-state index in [9.17, 15) is 0 Å². The van der Waals surface area contributed by atoms with E-state index in [2.05, 4.69) is 35.1 Å². The second kappa shape index (κ2) is 11.3. The van der Waals surface area contributed by atoms with Gasteiger partial charge < -0.3 is 15.0 Å². The lowest BCUT2D eigenvalue weighted by Crippen LogP contribution is -2.38. The first-order valence-electron chi connectivity index (χ1n) is 8.22. The highest BCUT2D eigenvalue weighted by Crippen LogP contribution is 2.19. The van der Waals surface area contributed by atoms with Gasteiger partial charge in [-0.25, -0.2) is 9.98 Å². The number of hydrogen-bond acceptors (Lipinski definition) is 4. The molecule has 0 saturated heterocycles. The van der Waals surface area contributed by atoms with Crippen LogP contribution >= 0.6 is 35.3 Å². The third-order valence-electron chi connectivity index (χ3n) is 3.61. The van der Waals surface area contributed by atoms with Crippen molar-refractivity contribution in [3.05, 3.63) is 45.9 Å². The molecule has 1 aromatic heterocycles. The highest BCUT2D eigenvalue weighted by Gasteiger charge is 2.10. The average Bonchev–Trinajstić information content (AvgIpc) is 3.07. The number of aryl methyl sites for hydroxylation is 1. The van der Waals surface area contributed by atoms with E-state index in [1.165, 1.54) is 4.88 Å². The van der Waals surface area contributed by atoms with Crippen LogP contribution in [0.25, 0.3) is 0 Å². The molecular weight excluding hydrogens is 447 g/mol. The van der Waals surface area contributed by atoms with E-state index in [0.717, 1.165) is 41.8 Å². The van der Waals surface area contributed by atoms with Crippen LogP contribution in [0.15, 0.2) is 35.5 Å². The van der Waals surface area contributed by atoms with Gasteiger partial charge in [-0.15, -0.1) is 35.3 Å². The highest BCUT2D eigenvalue weighted by atomic mass is 127. The predicted octanol–water partition coefficient (Wildman–Crippen LogP) is 3.93. The molecule has 0 bridgehead atoms. The van der Waals surface area contributed by atoms with Crippen LogP contribution in [0.5, 0.6) is 5.75 Å². The summed E-state index contributed by atoms with van der Waals surface area (Å²) < 4.78 is 5.44. The number of para-hydroxylation sites is 1. The smallest absolute Gasteiger partial charge is 0.194 e. The summed E-state index contributed by atoms with van der Waals surface area (Å²) in [5, 5.41) is 4.39. The Bertz CT molecular complexity index is 675. The second-order valence-corrected chi connectivity index (χ2v) is 6.61. The zero-order valence-electron chi connectivity index (χ0n) is 15.3. The first kappa shape index (κ1) is 21.7. The molecule has 2 aromatic rings. The minimum Gasteiger partial charge on any atom is -0.496 e. The fourth-order valence-electron chi connectivity index (χ4n) is 2.36. The summed E-state index contributed by atoms with van der Waals surface area (Å²) in [6.45, 7) is 6.38. The van der Waals surface area contributed by atoms with Gasteiger partial charge in [0, 0.05) is 36.8 Å². The highest BCUT2D eigenvalue weighted by molar-refractivity contribution is 14.0. The van der Waals surface area contributed by atoms with Crippen molar-refractivity contribution in [2.45, 2.75) is 33.4 Å². The summed E-state index contributed by atoms with van der Waals surface area (Å²) in [6, 6.07) is 8.06. The van der Waals surface area contributed by atoms with Crippen LogP contribution in [0.3, 0.4) is 0 Å². The number of methoxy groups -OCH3 is 1. The summed E-state index contributed by atoms with van der Waals surface area (Å²) in [6.07, 6.45) is 2.97. The van der Waals surface area contributed by atoms with E-state index >= 15 is 0 Å². The molecule has 0 aliphatic carbocycles. The molecule has 0 spiro atoms. The van der Waals surface area contributed by atoms with Crippen molar-refractivity contribution in [2.24, 2.45) is 4.99 Å². The number of thiazole rings is 1. The number of hydrogen-bond donors (Lipinski definition) is 1. The van der Waals surface area contributed by atoms with E-state index in [0.29, 0.717) is 6.54 Å². The van der Waals surface area contributed by atoms with E-state index in [4.69, 9.17) is 9.73 Å². The second-order valence-electron chi connectivity index (χ2n) is 5.41. The Morgan fingerprint density at radius 2 is 2.08 bits per heavy atom. The summed E-state index contributed by atoms with van der Waals surface area (Å²) in [7, 11) is 3.74. The van der Waals surface area contributed by atoms with Gasteiger partial charge in [0.2, 0.25) is 0 Å². The van der Waals surface area contributed by atoms with Gasteiger partial charge in [0.1, 0.15) is 10.8 Å². The Labute approximate surface area is 171 Å². The Morgan fingerprint density at radius 1 is 1.32 bits per heavy atom. The molecule has 1 N–H and O–H groups in total. The Balaban J connectivity index is 0.00000312. The molecule has 0 saturated carbocycles. The van der Waals surface area contributed by atoms with Gasteiger partial charge in [-0.05, 0) is 19.4 Å². The maximum absolute atomic E-state index is 5.44. The average molecular weight is 474 g/mol. The maximum Gasteiger partial charge on any atom is 0.194 e. The lowest BCUT2D eigenvalue weighted by Gasteiger charge is -2.23. The molecule has 0 aliphatic heterocycles. The summed E-state index contributed by atoms with van der Waals surface area (Å²) in [5.74, 6) is 1.77. The molecule has 138 valence electrons. The minimum atomic E-state index is 0. The first-order chi connectivity index (χ1) is 11.7. The molecule has 0 fully saturated rings. The van der Waals surface area contributed by atoms with Crippen molar-refractivity contribution in [2.75, 3.05) is 20.7 Å². The SMILES string of the molecule is CCNC(=NCc1ncc(CC)s1)N(C)Cc1ccccc1OC.I. The molecule has 0 radical (unpaired) electrons. The molecule has 7 heteroatoms. The molecular formula is C18H27IN4OS. The van der Waals surface area contributed by atoms with Gasteiger partial charge in [-0.1, -0.05) is 25.1 Å². The number of ether oxygens (including phenoxy) is 1. The Kier molecular flexibility index (Phi) is 9.81. The van der Waals surface area contributed by atoms with Gasteiger partial charge in [0.15, 0.2) is 5.96 Å². The number of guanidine groups is 1. The van der Waals surface area contributed by atoms with Crippen molar-refractivity contribution >= 4 is 41.3 Å². The normalized spacial score (nSPS) is 11.0. The van der Waals surface area contributed by atoms with Gasteiger partial charge in [0.25, 0.3) is 0 Å². The monoisotopic (exact) mass is 474 g/mol. The minimum absolute atomic E-state index is 0. The molecule has 1 aromatic carbocycles. The van der Waals surface area contributed by atoms with Crippen molar-refractivity contribution in [3.8, 4) is 5.75 Å². The number of nitrogens with one attached hydrogen (secondary N) is 1. The van der Waals surface area contributed by atoms with Gasteiger partial charge in [-0.2, -0.15) is 0 Å². The summed E-state index contributed by atoms with van der Waals surface area (Å²) >= 11 is 1.73. The number of nitrogens with zero attached hydrogens (tertiary/aromatic N) is 3. The molecule has 1 heterocycles. The molecule has 2 rings (SSSR count). The predicted molar refractivity (Wildman–Crippen MR) is 116 cm³/mol. The summed E-state index contributed by atoms with van der Waals surface area (Å²) in [4.78, 5) is 12.6. The van der Waals surface area contributed by atoms with Crippen molar-refractivity contribution in [1.29, 1.82) is 0 Å². The van der Waals surface area contributed by atoms with E-state index in [1.54, 1.807) is 18.4 Å².